The Morgan fingerprint density at radius 2 is 0.681 bits per heavy atom. The van der Waals surface area contributed by atoms with Gasteiger partial charge >= 0.3 is 18.0 Å². The van der Waals surface area contributed by atoms with Gasteiger partial charge in [-0.05, 0) is 149 Å². The van der Waals surface area contributed by atoms with Gasteiger partial charge < -0.3 is 43.0 Å². The van der Waals surface area contributed by atoms with Gasteiger partial charge in [0.1, 0.15) is 0 Å². The maximum Gasteiger partial charge on any atom is 0.409 e. The molecule has 0 fully saturated rings. The molecule has 0 aliphatic rings. The summed E-state index contributed by atoms with van der Waals surface area (Å²) >= 11 is 0. The molecule has 0 rings (SSSR count). The number of hydrogen-bond donors (Lipinski definition) is 0. The molecule has 0 aliphatic heterocycles. The average molecular weight is 1020 g/mol. The summed E-state index contributed by atoms with van der Waals surface area (Å²) in [7, 11) is 4.04. The fourth-order valence-electron chi connectivity index (χ4n) is 7.67. The third-order valence-electron chi connectivity index (χ3n) is 12.0. The summed E-state index contributed by atoms with van der Waals surface area (Å²) in [5.74, 6) is -0.406. The van der Waals surface area contributed by atoms with Gasteiger partial charge in [-0.1, -0.05) is 115 Å². The Morgan fingerprint density at radius 1 is 0.361 bits per heavy atom. The van der Waals surface area contributed by atoms with Crippen LogP contribution in [0.2, 0.25) is 0 Å². The number of carbonyl (C=O) groups excluding carboxylic acids is 3. The highest BCUT2D eigenvalue weighted by atomic mass is 16.7. The van der Waals surface area contributed by atoms with Crippen LogP contribution in [0.5, 0.6) is 0 Å². The predicted octanol–water partition coefficient (Wildman–Crippen LogP) is 15.2. The molecule has 0 radical (unpaired) electrons. The van der Waals surface area contributed by atoms with Crippen molar-refractivity contribution in [3.8, 4) is 0 Å². The van der Waals surface area contributed by atoms with Crippen molar-refractivity contribution >= 4 is 18.0 Å². The molecule has 0 spiro atoms. The molecule has 0 aliphatic carbocycles. The molecular weight excluding hydrogens is 909 g/mol. The fourth-order valence-corrected chi connectivity index (χ4v) is 7.67. The minimum atomic E-state index is -0.388. The summed E-state index contributed by atoms with van der Waals surface area (Å²) in [6.07, 6.45) is 45.1. The quantitative estimate of drug-likeness (QED) is 0.0190. The molecule has 0 N–H and O–H groups in total. The van der Waals surface area contributed by atoms with Crippen LogP contribution in [0.3, 0.4) is 0 Å². The third kappa shape index (κ3) is 50.5. The first-order chi connectivity index (χ1) is 35.3. The Bertz CT molecular complexity index is 1190. The number of esters is 2. The Kier molecular flexibility index (Phi) is 53.4. The van der Waals surface area contributed by atoms with Crippen LogP contribution in [0.4, 0.5) is 4.79 Å². The van der Waals surface area contributed by atoms with E-state index in [0.717, 1.165) is 180 Å². The van der Waals surface area contributed by atoms with Crippen molar-refractivity contribution in [1.29, 1.82) is 0 Å². The maximum atomic E-state index is 13.1. The second-order valence-corrected chi connectivity index (χ2v) is 19.2. The van der Waals surface area contributed by atoms with Gasteiger partial charge in [0.15, 0.2) is 12.6 Å². The van der Waals surface area contributed by atoms with Gasteiger partial charge in [-0.3, -0.25) is 9.59 Å². The van der Waals surface area contributed by atoms with Crippen molar-refractivity contribution in [2.45, 2.75) is 239 Å². The maximum absolute atomic E-state index is 13.1. The minimum absolute atomic E-state index is 0.203. The molecule has 0 saturated carbocycles. The first-order valence-electron chi connectivity index (χ1n) is 29.2. The summed E-state index contributed by atoms with van der Waals surface area (Å²) in [4.78, 5) is 42.3. The lowest BCUT2D eigenvalue weighted by Crippen LogP contribution is -2.34. The fraction of sp³-hybridized carbons (Fsp3) is 0.817. The molecule has 0 unspecified atom stereocenters. The smallest absolute Gasteiger partial charge is 0.409 e. The number of nitrogens with zero attached hydrogens (tertiary/aromatic N) is 2. The largest absolute Gasteiger partial charge is 0.466 e. The molecule has 0 aromatic heterocycles. The van der Waals surface area contributed by atoms with Crippen molar-refractivity contribution in [1.82, 2.24) is 9.80 Å². The van der Waals surface area contributed by atoms with Gasteiger partial charge in [0.05, 0.1) is 32.7 Å². The topological polar surface area (TPSA) is 122 Å². The summed E-state index contributed by atoms with van der Waals surface area (Å²) in [5, 5.41) is 0. The average Bonchev–Trinajstić information content (AvgIpc) is 3.37. The molecule has 72 heavy (non-hydrogen) atoms. The van der Waals surface area contributed by atoms with E-state index in [1.165, 1.54) is 0 Å². The van der Waals surface area contributed by atoms with E-state index in [9.17, 15) is 14.4 Å². The summed E-state index contributed by atoms with van der Waals surface area (Å²) < 4.78 is 41.1. The minimum Gasteiger partial charge on any atom is -0.466 e. The first kappa shape index (κ1) is 69.0. The monoisotopic (exact) mass is 1020 g/mol. The Balaban J connectivity index is 4.58. The van der Waals surface area contributed by atoms with Crippen LogP contribution in [0.1, 0.15) is 227 Å². The lowest BCUT2D eigenvalue weighted by atomic mass is 10.1. The van der Waals surface area contributed by atoms with Crippen LogP contribution in [0.25, 0.3) is 0 Å². The molecule has 12 heteroatoms. The van der Waals surface area contributed by atoms with E-state index in [0.29, 0.717) is 72.2 Å². The van der Waals surface area contributed by atoms with E-state index >= 15 is 0 Å². The zero-order chi connectivity index (χ0) is 52.6. The van der Waals surface area contributed by atoms with Crippen LogP contribution in [0, 0.1) is 0 Å². The second kappa shape index (κ2) is 55.7. The Hall–Kier alpha value is -3.03. The number of amides is 1. The van der Waals surface area contributed by atoms with E-state index in [1.54, 1.807) is 0 Å². The zero-order valence-corrected chi connectivity index (χ0v) is 47.2. The van der Waals surface area contributed by atoms with E-state index in [1.807, 2.05) is 19.0 Å². The Labute approximate surface area is 441 Å². The third-order valence-corrected chi connectivity index (χ3v) is 12.0. The normalized spacial score (nSPS) is 12.1. The SMILES string of the molecule is CC/C=C\CCCCOC(CCC(=O)OCCCCCCCN(CCCCCCCOC(=O)CCC(OCCCC/C=C\CC)OCCCC/C=C\CC)C(=O)OCCCN(C)C)OCCCC/C=C\CC. The molecule has 1 amide bonds. The van der Waals surface area contributed by atoms with Crippen molar-refractivity contribution in [3.63, 3.8) is 0 Å². The van der Waals surface area contributed by atoms with Crippen LogP contribution in [-0.4, -0.2) is 120 Å². The van der Waals surface area contributed by atoms with Gasteiger partial charge in [-0.25, -0.2) is 4.79 Å². The molecule has 12 nitrogen and oxygen atoms in total. The number of rotatable bonds is 54. The van der Waals surface area contributed by atoms with Crippen molar-refractivity contribution in [2.75, 3.05) is 80.0 Å². The number of allylic oxidation sites excluding steroid dienone is 8. The first-order valence-corrected chi connectivity index (χ1v) is 29.2. The standard InChI is InChI=1S/C60H110N2O10/c1-7-11-15-19-27-37-51-68-58(69-52-38-28-20-16-12-8-2)44-42-56(63)66-49-35-31-23-25-33-47-62(60(65)72-55-41-46-61(5)6)48-34-26-24-32-36-50-67-57(64)43-45-59(70-53-39-29-21-17-13-9-3)71-54-40-30-22-18-14-10-4/h11-18,58-59H,7-10,19-55H2,1-6H3/b15-11-,16-12-,17-13-,18-14-. The molecule has 0 saturated heterocycles. The van der Waals surface area contributed by atoms with Crippen LogP contribution in [-0.2, 0) is 42.7 Å². The Morgan fingerprint density at radius 3 is 1.03 bits per heavy atom. The molecule has 0 aromatic carbocycles. The summed E-state index contributed by atoms with van der Waals surface area (Å²) in [5.41, 5.74) is 0. The highest BCUT2D eigenvalue weighted by molar-refractivity contribution is 5.69. The van der Waals surface area contributed by atoms with E-state index in [4.69, 9.17) is 33.2 Å². The number of carbonyl (C=O) groups is 3. The van der Waals surface area contributed by atoms with E-state index in [2.05, 4.69) is 81.2 Å². The lowest BCUT2D eigenvalue weighted by Gasteiger charge is -2.22. The predicted molar refractivity (Wildman–Crippen MR) is 297 cm³/mol. The highest BCUT2D eigenvalue weighted by Gasteiger charge is 2.17. The molecule has 0 bridgehead atoms. The van der Waals surface area contributed by atoms with E-state index in [-0.39, 0.29) is 43.5 Å². The van der Waals surface area contributed by atoms with Crippen LogP contribution in [0.15, 0.2) is 48.6 Å². The van der Waals surface area contributed by atoms with Gasteiger partial charge in [-0.2, -0.15) is 0 Å². The molecule has 0 atom stereocenters. The highest BCUT2D eigenvalue weighted by Crippen LogP contribution is 2.14. The molecule has 0 heterocycles. The lowest BCUT2D eigenvalue weighted by molar-refractivity contribution is -0.159. The van der Waals surface area contributed by atoms with Gasteiger partial charge in [0.25, 0.3) is 0 Å². The van der Waals surface area contributed by atoms with Crippen molar-refractivity contribution < 1.29 is 47.5 Å². The number of unbranched alkanes of at least 4 members (excludes halogenated alkanes) is 16. The van der Waals surface area contributed by atoms with Gasteiger partial charge in [0.2, 0.25) is 0 Å². The van der Waals surface area contributed by atoms with Gasteiger partial charge in [0, 0.05) is 58.9 Å². The number of hydrogen-bond acceptors (Lipinski definition) is 11. The van der Waals surface area contributed by atoms with Crippen LogP contribution >= 0.6 is 0 Å². The zero-order valence-electron chi connectivity index (χ0n) is 47.2. The molecule has 420 valence electrons. The van der Waals surface area contributed by atoms with Gasteiger partial charge in [-0.15, -0.1) is 0 Å². The van der Waals surface area contributed by atoms with E-state index < -0.39 is 0 Å². The number of ether oxygens (including phenoxy) is 7. The molecule has 0 aromatic rings. The molecular formula is C60H110N2O10. The van der Waals surface area contributed by atoms with Crippen LogP contribution < -0.4 is 0 Å². The second-order valence-electron chi connectivity index (χ2n) is 19.2. The summed E-state index contributed by atoms with van der Waals surface area (Å²) in [6, 6.07) is 0. The van der Waals surface area contributed by atoms with Crippen molar-refractivity contribution in [3.05, 3.63) is 48.6 Å². The van der Waals surface area contributed by atoms with Crippen molar-refractivity contribution in [2.24, 2.45) is 0 Å². The summed E-state index contributed by atoms with van der Waals surface area (Å²) in [6.45, 7) is 14.5.